The lowest BCUT2D eigenvalue weighted by Gasteiger charge is -2.46. The maximum absolute atomic E-state index is 12.3. The number of aromatic nitrogens is 1. The Morgan fingerprint density at radius 3 is 2.70 bits per heavy atom. The third-order valence-electron chi connectivity index (χ3n) is 4.38. The Morgan fingerprint density at radius 1 is 1.43 bits per heavy atom. The molecule has 2 rings (SSSR count). The highest BCUT2D eigenvalue weighted by Gasteiger charge is 2.46. The lowest BCUT2D eigenvalue weighted by atomic mass is 9.68. The van der Waals surface area contributed by atoms with E-state index in [2.05, 4.69) is 4.98 Å². The Kier molecular flexibility index (Phi) is 5.26. The highest BCUT2D eigenvalue weighted by molar-refractivity contribution is 5.68. The lowest BCUT2D eigenvalue weighted by molar-refractivity contribution is -0.0151. The molecule has 2 unspecified atom stereocenters. The van der Waals surface area contributed by atoms with Crippen LogP contribution in [0.25, 0.3) is 0 Å². The molecule has 1 aliphatic rings. The molecule has 0 bridgehead atoms. The first-order valence-electron chi connectivity index (χ1n) is 7.93. The molecule has 1 saturated heterocycles. The zero-order valence-corrected chi connectivity index (χ0v) is 14.0. The van der Waals surface area contributed by atoms with Gasteiger partial charge < -0.3 is 19.8 Å². The van der Waals surface area contributed by atoms with E-state index in [1.807, 2.05) is 39.0 Å². The van der Waals surface area contributed by atoms with Crippen LogP contribution in [0.1, 0.15) is 32.9 Å². The molecule has 0 aromatic carbocycles. The first-order chi connectivity index (χ1) is 10.8. The molecule has 2 N–H and O–H groups in total. The molecule has 1 fully saturated rings. The van der Waals surface area contributed by atoms with Crippen LogP contribution < -0.4 is 0 Å². The molecule has 1 amide bonds. The van der Waals surface area contributed by atoms with Crippen LogP contribution in [0, 0.1) is 5.92 Å². The zero-order chi connectivity index (χ0) is 17.1. The number of nitrogens with zero attached hydrogens (tertiary/aromatic N) is 2. The van der Waals surface area contributed by atoms with Crippen molar-refractivity contribution < 1.29 is 19.7 Å². The van der Waals surface area contributed by atoms with E-state index in [0.717, 1.165) is 5.69 Å². The van der Waals surface area contributed by atoms with Crippen molar-refractivity contribution in [2.24, 2.45) is 5.92 Å². The summed E-state index contributed by atoms with van der Waals surface area (Å²) >= 11 is 0. The Labute approximate surface area is 137 Å². The second-order valence-electron chi connectivity index (χ2n) is 7.09. The number of aliphatic hydroxyl groups is 2. The highest BCUT2D eigenvalue weighted by atomic mass is 16.6. The zero-order valence-electron chi connectivity index (χ0n) is 14.0. The smallest absolute Gasteiger partial charge is 0.410 e. The first-order valence-corrected chi connectivity index (χ1v) is 7.93. The predicted octanol–water partition coefficient (Wildman–Crippen LogP) is 1.56. The van der Waals surface area contributed by atoms with E-state index in [-0.39, 0.29) is 25.2 Å². The number of aliphatic hydroxyl groups excluding tert-OH is 2. The number of likely N-dealkylation sites (tertiary alicyclic amines) is 1. The van der Waals surface area contributed by atoms with Crippen LogP contribution >= 0.6 is 0 Å². The van der Waals surface area contributed by atoms with Crippen molar-refractivity contribution in [3.63, 3.8) is 0 Å². The number of carbonyl (C=O) groups excluding carboxylic acids is 1. The third-order valence-corrected chi connectivity index (χ3v) is 4.38. The van der Waals surface area contributed by atoms with Gasteiger partial charge in [0.15, 0.2) is 0 Å². The van der Waals surface area contributed by atoms with Crippen LogP contribution in [0.3, 0.4) is 0 Å². The van der Waals surface area contributed by atoms with Gasteiger partial charge in [-0.15, -0.1) is 0 Å². The van der Waals surface area contributed by atoms with Crippen molar-refractivity contribution >= 4 is 6.09 Å². The van der Waals surface area contributed by atoms with E-state index in [4.69, 9.17) is 4.74 Å². The molecule has 0 aliphatic carbocycles. The average Bonchev–Trinajstić information content (AvgIpc) is 2.53. The molecule has 1 aliphatic heterocycles. The maximum atomic E-state index is 12.3. The molecule has 0 saturated carbocycles. The molecule has 23 heavy (non-hydrogen) atoms. The summed E-state index contributed by atoms with van der Waals surface area (Å²) in [6, 6.07) is 5.55. The average molecular weight is 322 g/mol. The quantitative estimate of drug-likeness (QED) is 0.882. The summed E-state index contributed by atoms with van der Waals surface area (Å²) in [6.07, 6.45) is 1.83. The number of pyridine rings is 1. The second-order valence-corrected chi connectivity index (χ2v) is 7.09. The van der Waals surface area contributed by atoms with Gasteiger partial charge in [-0.05, 0) is 39.3 Å². The fourth-order valence-electron chi connectivity index (χ4n) is 3.08. The standard InChI is InChI=1S/C17H26N2O4/c1-16(2,3)23-15(22)19-9-7-17(12-21,13(10-19)11-20)14-6-4-5-8-18-14/h4-6,8,13,20-21H,7,9-12H2,1-3H3. The fraction of sp³-hybridized carbons (Fsp3) is 0.647. The summed E-state index contributed by atoms with van der Waals surface area (Å²) in [4.78, 5) is 18.2. The number of rotatable bonds is 3. The lowest BCUT2D eigenvalue weighted by Crippen LogP contribution is -2.55. The molecule has 2 atom stereocenters. The largest absolute Gasteiger partial charge is 0.444 e. The summed E-state index contributed by atoms with van der Waals surface area (Å²) in [7, 11) is 0. The molecule has 128 valence electrons. The number of carbonyl (C=O) groups is 1. The normalized spacial score (nSPS) is 25.3. The van der Waals surface area contributed by atoms with Gasteiger partial charge in [-0.3, -0.25) is 4.98 Å². The fourth-order valence-corrected chi connectivity index (χ4v) is 3.08. The molecule has 6 heteroatoms. The van der Waals surface area contributed by atoms with E-state index in [1.54, 1.807) is 11.1 Å². The number of ether oxygens (including phenoxy) is 1. The van der Waals surface area contributed by atoms with Gasteiger partial charge >= 0.3 is 6.09 Å². The summed E-state index contributed by atoms with van der Waals surface area (Å²) < 4.78 is 5.40. The summed E-state index contributed by atoms with van der Waals surface area (Å²) in [5.41, 5.74) is -0.433. The first kappa shape index (κ1) is 17.7. The molecular weight excluding hydrogens is 296 g/mol. The Morgan fingerprint density at radius 2 is 2.17 bits per heavy atom. The van der Waals surface area contributed by atoms with Crippen molar-refractivity contribution in [2.45, 2.75) is 38.2 Å². The molecule has 1 aromatic heterocycles. The molecular formula is C17H26N2O4. The van der Waals surface area contributed by atoms with E-state index in [9.17, 15) is 15.0 Å². The summed E-state index contributed by atoms with van der Waals surface area (Å²) in [6.45, 7) is 6.03. The van der Waals surface area contributed by atoms with E-state index < -0.39 is 11.0 Å². The van der Waals surface area contributed by atoms with Crippen LogP contribution in [-0.2, 0) is 10.2 Å². The van der Waals surface area contributed by atoms with Gasteiger partial charge in [-0.1, -0.05) is 6.07 Å². The van der Waals surface area contributed by atoms with Gasteiger partial charge in [0.25, 0.3) is 0 Å². The Balaban J connectivity index is 2.20. The second kappa shape index (κ2) is 6.84. The summed E-state index contributed by atoms with van der Waals surface area (Å²) in [5.74, 6) is -0.288. The minimum atomic E-state index is -0.630. The van der Waals surface area contributed by atoms with Gasteiger partial charge in [-0.25, -0.2) is 4.79 Å². The molecule has 2 heterocycles. The van der Waals surface area contributed by atoms with E-state index in [0.29, 0.717) is 19.5 Å². The van der Waals surface area contributed by atoms with Crippen molar-refractivity contribution in [3.8, 4) is 0 Å². The molecule has 0 spiro atoms. The molecule has 0 radical (unpaired) electrons. The van der Waals surface area contributed by atoms with Gasteiger partial charge in [0.2, 0.25) is 0 Å². The number of piperidine rings is 1. The van der Waals surface area contributed by atoms with E-state index in [1.165, 1.54) is 0 Å². The SMILES string of the molecule is CC(C)(C)OC(=O)N1CCC(CO)(c2ccccn2)C(CO)C1. The van der Waals surface area contributed by atoms with Crippen molar-refractivity contribution in [1.29, 1.82) is 0 Å². The van der Waals surface area contributed by atoms with Crippen LogP contribution in [0.2, 0.25) is 0 Å². The number of hydrogen-bond donors (Lipinski definition) is 2. The monoisotopic (exact) mass is 322 g/mol. The molecule has 6 nitrogen and oxygen atoms in total. The maximum Gasteiger partial charge on any atom is 0.410 e. The Bertz CT molecular complexity index is 529. The third kappa shape index (κ3) is 3.82. The van der Waals surface area contributed by atoms with Crippen LogP contribution in [0.4, 0.5) is 4.79 Å². The summed E-state index contributed by atoms with van der Waals surface area (Å²) in [5, 5.41) is 19.9. The van der Waals surface area contributed by atoms with Crippen LogP contribution in [-0.4, -0.2) is 58.1 Å². The highest BCUT2D eigenvalue weighted by Crippen LogP contribution is 2.38. The minimum absolute atomic E-state index is 0.114. The van der Waals surface area contributed by atoms with Crippen molar-refractivity contribution in [3.05, 3.63) is 30.1 Å². The predicted molar refractivity (Wildman–Crippen MR) is 86.0 cm³/mol. The Hall–Kier alpha value is -1.66. The van der Waals surface area contributed by atoms with Gasteiger partial charge in [0.05, 0.1) is 6.61 Å². The topological polar surface area (TPSA) is 82.9 Å². The molecule has 1 aromatic rings. The van der Waals surface area contributed by atoms with Gasteiger partial charge in [-0.2, -0.15) is 0 Å². The van der Waals surface area contributed by atoms with Crippen molar-refractivity contribution in [2.75, 3.05) is 26.3 Å². The van der Waals surface area contributed by atoms with Crippen LogP contribution in [0.15, 0.2) is 24.4 Å². The minimum Gasteiger partial charge on any atom is -0.444 e. The van der Waals surface area contributed by atoms with Gasteiger partial charge in [0, 0.05) is 42.9 Å². The van der Waals surface area contributed by atoms with Crippen molar-refractivity contribution in [1.82, 2.24) is 9.88 Å². The van der Waals surface area contributed by atoms with Crippen LogP contribution in [0.5, 0.6) is 0 Å². The van der Waals surface area contributed by atoms with E-state index >= 15 is 0 Å². The number of hydrogen-bond acceptors (Lipinski definition) is 5. The van der Waals surface area contributed by atoms with Gasteiger partial charge in [0.1, 0.15) is 5.60 Å². The number of amides is 1.